The Morgan fingerprint density at radius 2 is 1.96 bits per heavy atom. The highest BCUT2D eigenvalue weighted by molar-refractivity contribution is 5.94. The van der Waals surface area contributed by atoms with E-state index in [1.807, 2.05) is 37.3 Å². The summed E-state index contributed by atoms with van der Waals surface area (Å²) in [6.07, 6.45) is 1.73. The van der Waals surface area contributed by atoms with E-state index in [1.165, 1.54) is 0 Å². The predicted molar refractivity (Wildman–Crippen MR) is 93.9 cm³/mol. The molecule has 1 fully saturated rings. The highest BCUT2D eigenvalue weighted by atomic mass is 35.5. The number of halogens is 1. The molecule has 1 aliphatic heterocycles. The molecule has 1 aromatic rings. The number of piperidine rings is 1. The van der Waals surface area contributed by atoms with Crippen molar-refractivity contribution in [2.24, 2.45) is 5.92 Å². The molecule has 1 saturated heterocycles. The first-order valence-electron chi connectivity index (χ1n) is 8.05. The fraction of sp³-hybridized carbons (Fsp3) is 0.529. The molecular weight excluding hydrogens is 314 g/mol. The normalized spacial score (nSPS) is 17.3. The van der Waals surface area contributed by atoms with E-state index in [0.717, 1.165) is 32.5 Å². The molecule has 2 N–H and O–H groups in total. The third-order valence-corrected chi connectivity index (χ3v) is 3.95. The topological polar surface area (TPSA) is 61.4 Å². The van der Waals surface area contributed by atoms with Crippen molar-refractivity contribution in [3.8, 4) is 0 Å². The number of hydrogen-bond donors (Lipinski definition) is 2. The number of amides is 2. The molecule has 1 aromatic carbocycles. The van der Waals surface area contributed by atoms with E-state index in [-0.39, 0.29) is 30.1 Å². The van der Waals surface area contributed by atoms with Crippen LogP contribution in [0.15, 0.2) is 30.3 Å². The Bertz CT molecular complexity index is 496. The molecule has 0 aromatic heterocycles. The van der Waals surface area contributed by atoms with Gasteiger partial charge in [-0.1, -0.05) is 25.1 Å². The molecule has 1 heterocycles. The molecule has 23 heavy (non-hydrogen) atoms. The Morgan fingerprint density at radius 3 is 2.65 bits per heavy atom. The van der Waals surface area contributed by atoms with E-state index in [2.05, 4.69) is 10.6 Å². The maximum absolute atomic E-state index is 12.5. The van der Waals surface area contributed by atoms with Crippen molar-refractivity contribution >= 4 is 24.2 Å². The van der Waals surface area contributed by atoms with Gasteiger partial charge in [0.2, 0.25) is 5.91 Å². The summed E-state index contributed by atoms with van der Waals surface area (Å²) in [7, 11) is 0. The first-order valence-corrected chi connectivity index (χ1v) is 8.05. The van der Waals surface area contributed by atoms with Gasteiger partial charge in [-0.25, -0.2) is 0 Å². The highest BCUT2D eigenvalue weighted by Crippen LogP contribution is 2.18. The molecule has 0 bridgehead atoms. The van der Waals surface area contributed by atoms with Gasteiger partial charge in [0.1, 0.15) is 0 Å². The second-order valence-electron chi connectivity index (χ2n) is 5.60. The van der Waals surface area contributed by atoms with Crippen LogP contribution in [-0.4, -0.2) is 49.4 Å². The maximum Gasteiger partial charge on any atom is 0.253 e. The number of nitrogens with zero attached hydrogens (tertiary/aromatic N) is 1. The van der Waals surface area contributed by atoms with Gasteiger partial charge in [0.15, 0.2) is 0 Å². The van der Waals surface area contributed by atoms with E-state index in [9.17, 15) is 9.59 Å². The Morgan fingerprint density at radius 1 is 1.22 bits per heavy atom. The molecule has 0 spiro atoms. The van der Waals surface area contributed by atoms with Crippen LogP contribution in [0.5, 0.6) is 0 Å². The van der Waals surface area contributed by atoms with Crippen LogP contribution in [0.4, 0.5) is 0 Å². The number of likely N-dealkylation sites (tertiary alicyclic amines) is 1. The lowest BCUT2D eigenvalue weighted by Crippen LogP contribution is -2.46. The van der Waals surface area contributed by atoms with E-state index >= 15 is 0 Å². The lowest BCUT2D eigenvalue weighted by molar-refractivity contribution is -0.126. The minimum atomic E-state index is -0.0944. The first-order chi connectivity index (χ1) is 10.7. The molecule has 6 heteroatoms. The molecular formula is C17H26ClN3O2. The zero-order valence-corrected chi connectivity index (χ0v) is 14.4. The number of carbonyl (C=O) groups is 2. The molecule has 128 valence electrons. The summed E-state index contributed by atoms with van der Waals surface area (Å²) in [4.78, 5) is 26.4. The Kier molecular flexibility index (Phi) is 8.66. The zero-order valence-electron chi connectivity index (χ0n) is 13.6. The van der Waals surface area contributed by atoms with Crippen molar-refractivity contribution in [3.05, 3.63) is 35.9 Å². The SMILES string of the molecule is CCNCCNC(=O)C1CCCN(C(=O)c2ccccc2)C1.Cl. The molecule has 0 radical (unpaired) electrons. The van der Waals surface area contributed by atoms with Crippen molar-refractivity contribution < 1.29 is 9.59 Å². The second kappa shape index (κ2) is 10.2. The van der Waals surface area contributed by atoms with E-state index in [4.69, 9.17) is 0 Å². The summed E-state index contributed by atoms with van der Waals surface area (Å²) < 4.78 is 0. The van der Waals surface area contributed by atoms with Gasteiger partial charge in [0, 0.05) is 31.7 Å². The van der Waals surface area contributed by atoms with Crippen LogP contribution in [0.3, 0.4) is 0 Å². The zero-order chi connectivity index (χ0) is 15.8. The quantitative estimate of drug-likeness (QED) is 0.775. The Labute approximate surface area is 144 Å². The minimum absolute atomic E-state index is 0. The number of nitrogens with one attached hydrogen (secondary N) is 2. The summed E-state index contributed by atoms with van der Waals surface area (Å²) in [5.41, 5.74) is 0.690. The molecule has 0 aliphatic carbocycles. The van der Waals surface area contributed by atoms with Gasteiger partial charge in [0.25, 0.3) is 5.91 Å². The Hall–Kier alpha value is -1.59. The van der Waals surface area contributed by atoms with Gasteiger partial charge in [-0.15, -0.1) is 12.4 Å². The summed E-state index contributed by atoms with van der Waals surface area (Å²) in [5.74, 6) is -0.0164. The smallest absolute Gasteiger partial charge is 0.253 e. The molecule has 5 nitrogen and oxygen atoms in total. The summed E-state index contributed by atoms with van der Waals surface area (Å²) in [5, 5.41) is 6.12. The van der Waals surface area contributed by atoms with Crippen LogP contribution in [0, 0.1) is 5.92 Å². The Balaban J connectivity index is 0.00000264. The van der Waals surface area contributed by atoms with Gasteiger partial charge < -0.3 is 15.5 Å². The molecule has 2 rings (SSSR count). The van der Waals surface area contributed by atoms with Crippen molar-refractivity contribution in [3.63, 3.8) is 0 Å². The molecule has 1 unspecified atom stereocenters. The minimum Gasteiger partial charge on any atom is -0.355 e. The molecule has 0 saturated carbocycles. The van der Waals surface area contributed by atoms with Gasteiger partial charge in [-0.3, -0.25) is 9.59 Å². The third-order valence-electron chi connectivity index (χ3n) is 3.95. The second-order valence-corrected chi connectivity index (χ2v) is 5.60. The number of rotatable bonds is 6. The van der Waals surface area contributed by atoms with E-state index < -0.39 is 0 Å². The van der Waals surface area contributed by atoms with Crippen molar-refractivity contribution in [1.29, 1.82) is 0 Å². The number of hydrogen-bond acceptors (Lipinski definition) is 3. The van der Waals surface area contributed by atoms with Crippen LogP contribution >= 0.6 is 12.4 Å². The van der Waals surface area contributed by atoms with Crippen LogP contribution in [0.25, 0.3) is 0 Å². The maximum atomic E-state index is 12.5. The average molecular weight is 340 g/mol. The van der Waals surface area contributed by atoms with Crippen LogP contribution in [0.2, 0.25) is 0 Å². The lowest BCUT2D eigenvalue weighted by atomic mass is 9.96. The number of benzene rings is 1. The third kappa shape index (κ3) is 5.84. The van der Waals surface area contributed by atoms with Crippen molar-refractivity contribution in [2.75, 3.05) is 32.7 Å². The standard InChI is InChI=1S/C17H25N3O2.ClH/c1-2-18-10-11-19-16(21)15-9-6-12-20(13-15)17(22)14-7-4-3-5-8-14;/h3-5,7-8,15,18H,2,6,9-13H2,1H3,(H,19,21);1H. The molecule has 2 amide bonds. The van der Waals surface area contributed by atoms with E-state index in [0.29, 0.717) is 18.7 Å². The van der Waals surface area contributed by atoms with Crippen LogP contribution < -0.4 is 10.6 Å². The largest absolute Gasteiger partial charge is 0.355 e. The number of carbonyl (C=O) groups excluding carboxylic acids is 2. The monoisotopic (exact) mass is 339 g/mol. The lowest BCUT2D eigenvalue weighted by Gasteiger charge is -2.32. The van der Waals surface area contributed by atoms with Crippen molar-refractivity contribution in [1.82, 2.24) is 15.5 Å². The molecule has 1 aliphatic rings. The molecule has 1 atom stereocenters. The summed E-state index contributed by atoms with van der Waals surface area (Å²) >= 11 is 0. The van der Waals surface area contributed by atoms with Gasteiger partial charge in [0.05, 0.1) is 5.92 Å². The fourth-order valence-corrected chi connectivity index (χ4v) is 2.73. The van der Waals surface area contributed by atoms with Gasteiger partial charge >= 0.3 is 0 Å². The summed E-state index contributed by atoms with van der Waals surface area (Å²) in [6, 6.07) is 9.27. The summed E-state index contributed by atoms with van der Waals surface area (Å²) in [6.45, 7) is 5.60. The fourth-order valence-electron chi connectivity index (χ4n) is 2.73. The van der Waals surface area contributed by atoms with Gasteiger partial charge in [-0.05, 0) is 31.5 Å². The number of likely N-dealkylation sites (N-methyl/N-ethyl adjacent to an activating group) is 1. The highest BCUT2D eigenvalue weighted by Gasteiger charge is 2.28. The van der Waals surface area contributed by atoms with Crippen LogP contribution in [0.1, 0.15) is 30.1 Å². The predicted octanol–water partition coefficient (Wildman–Crippen LogP) is 1.69. The van der Waals surface area contributed by atoms with Crippen molar-refractivity contribution in [2.45, 2.75) is 19.8 Å². The van der Waals surface area contributed by atoms with Gasteiger partial charge in [-0.2, -0.15) is 0 Å². The van der Waals surface area contributed by atoms with E-state index in [1.54, 1.807) is 4.90 Å². The first kappa shape index (κ1) is 19.5. The average Bonchev–Trinajstić information content (AvgIpc) is 2.59. The van der Waals surface area contributed by atoms with Crippen LogP contribution in [-0.2, 0) is 4.79 Å².